The Morgan fingerprint density at radius 3 is 2.60 bits per heavy atom. The van der Waals surface area contributed by atoms with Gasteiger partial charge in [0.25, 0.3) is 0 Å². The van der Waals surface area contributed by atoms with Crippen LogP contribution in [0.15, 0.2) is 0 Å². The van der Waals surface area contributed by atoms with E-state index in [-0.39, 0.29) is 19.0 Å². The fourth-order valence-electron chi connectivity index (χ4n) is 2.25. The van der Waals surface area contributed by atoms with Crippen molar-refractivity contribution in [2.75, 3.05) is 13.1 Å². The molecule has 1 aliphatic rings. The summed E-state index contributed by atoms with van der Waals surface area (Å²) in [5, 5.41) is 11.8. The molecule has 0 aliphatic carbocycles. The van der Waals surface area contributed by atoms with Crippen LogP contribution in [-0.4, -0.2) is 53.2 Å². The van der Waals surface area contributed by atoms with Crippen LogP contribution in [0.2, 0.25) is 0 Å². The summed E-state index contributed by atoms with van der Waals surface area (Å²) in [6.07, 6.45) is -4.90. The van der Waals surface area contributed by atoms with E-state index < -0.39 is 36.6 Å². The molecule has 5 nitrogen and oxygen atoms in total. The first kappa shape index (κ1) is 16.7. The van der Waals surface area contributed by atoms with Gasteiger partial charge in [0.1, 0.15) is 6.54 Å². The maximum absolute atomic E-state index is 12.2. The minimum absolute atomic E-state index is 0.205. The molecular formula is C12H19F3N2O3. The van der Waals surface area contributed by atoms with Crippen molar-refractivity contribution in [1.82, 2.24) is 10.2 Å². The summed E-state index contributed by atoms with van der Waals surface area (Å²) < 4.78 is 36.7. The zero-order chi connectivity index (χ0) is 15.5. The Morgan fingerprint density at radius 2 is 2.10 bits per heavy atom. The number of halogens is 3. The van der Waals surface area contributed by atoms with Gasteiger partial charge in [-0.3, -0.25) is 9.59 Å². The zero-order valence-electron chi connectivity index (χ0n) is 11.4. The highest BCUT2D eigenvalue weighted by molar-refractivity contribution is 5.89. The van der Waals surface area contributed by atoms with Gasteiger partial charge < -0.3 is 15.3 Å². The van der Waals surface area contributed by atoms with Crippen molar-refractivity contribution in [3.63, 3.8) is 0 Å². The molecule has 2 N–H and O–H groups in total. The van der Waals surface area contributed by atoms with E-state index >= 15 is 0 Å². The SMILES string of the molecule is CC(O)CC(C)NC(=O)C1CC(=O)N(CC(F)(F)F)C1. The predicted octanol–water partition coefficient (Wildman–Crippen LogP) is 0.673. The van der Waals surface area contributed by atoms with Gasteiger partial charge in [0, 0.05) is 19.0 Å². The Kier molecular flexibility index (Phi) is 5.38. The lowest BCUT2D eigenvalue weighted by Gasteiger charge is -2.20. The second-order valence-corrected chi connectivity index (χ2v) is 5.28. The van der Waals surface area contributed by atoms with Gasteiger partial charge in [0.05, 0.1) is 12.0 Å². The summed E-state index contributed by atoms with van der Waals surface area (Å²) in [5.74, 6) is -1.87. The molecule has 1 heterocycles. The molecule has 8 heteroatoms. The molecule has 20 heavy (non-hydrogen) atoms. The molecule has 1 fully saturated rings. The van der Waals surface area contributed by atoms with E-state index in [9.17, 15) is 27.9 Å². The number of likely N-dealkylation sites (tertiary alicyclic amines) is 1. The van der Waals surface area contributed by atoms with Crippen LogP contribution in [0.5, 0.6) is 0 Å². The highest BCUT2D eigenvalue weighted by atomic mass is 19.4. The van der Waals surface area contributed by atoms with Gasteiger partial charge in [-0.2, -0.15) is 13.2 Å². The van der Waals surface area contributed by atoms with Crippen molar-refractivity contribution in [1.29, 1.82) is 0 Å². The molecule has 0 radical (unpaired) electrons. The number of hydrogen-bond donors (Lipinski definition) is 2. The average molecular weight is 296 g/mol. The van der Waals surface area contributed by atoms with Crippen molar-refractivity contribution < 1.29 is 27.9 Å². The Bertz CT molecular complexity index is 371. The van der Waals surface area contributed by atoms with Crippen LogP contribution in [0, 0.1) is 5.92 Å². The minimum atomic E-state index is -4.46. The third kappa shape index (κ3) is 5.36. The van der Waals surface area contributed by atoms with E-state index in [0.29, 0.717) is 11.3 Å². The fraction of sp³-hybridized carbons (Fsp3) is 0.833. The molecule has 0 spiro atoms. The number of carbonyl (C=O) groups excluding carboxylic acids is 2. The number of alkyl halides is 3. The molecule has 1 saturated heterocycles. The normalized spacial score (nSPS) is 22.8. The van der Waals surface area contributed by atoms with E-state index in [4.69, 9.17) is 0 Å². The number of aliphatic hydroxyl groups excluding tert-OH is 1. The highest BCUT2D eigenvalue weighted by Gasteiger charge is 2.40. The number of aliphatic hydroxyl groups is 1. The largest absolute Gasteiger partial charge is 0.406 e. The van der Waals surface area contributed by atoms with Crippen LogP contribution in [0.25, 0.3) is 0 Å². The van der Waals surface area contributed by atoms with Crippen molar-refractivity contribution in [3.05, 3.63) is 0 Å². The van der Waals surface area contributed by atoms with Gasteiger partial charge in [0.15, 0.2) is 0 Å². The van der Waals surface area contributed by atoms with E-state index in [1.165, 1.54) is 0 Å². The first-order valence-electron chi connectivity index (χ1n) is 6.41. The van der Waals surface area contributed by atoms with Crippen LogP contribution in [0.1, 0.15) is 26.7 Å². The predicted molar refractivity (Wildman–Crippen MR) is 64.6 cm³/mol. The number of rotatable bonds is 5. The van der Waals surface area contributed by atoms with Crippen LogP contribution in [0.3, 0.4) is 0 Å². The maximum Gasteiger partial charge on any atom is 0.406 e. The van der Waals surface area contributed by atoms with Crippen LogP contribution in [-0.2, 0) is 9.59 Å². The lowest BCUT2D eigenvalue weighted by atomic mass is 10.1. The van der Waals surface area contributed by atoms with Gasteiger partial charge in [-0.15, -0.1) is 0 Å². The summed E-state index contributed by atoms with van der Waals surface area (Å²) in [7, 11) is 0. The summed E-state index contributed by atoms with van der Waals surface area (Å²) >= 11 is 0. The van der Waals surface area contributed by atoms with Gasteiger partial charge in [0.2, 0.25) is 11.8 Å². The average Bonchev–Trinajstić information content (AvgIpc) is 2.56. The molecule has 3 unspecified atom stereocenters. The third-order valence-corrected chi connectivity index (χ3v) is 3.04. The summed E-state index contributed by atoms with van der Waals surface area (Å²) in [4.78, 5) is 23.9. The molecule has 2 amide bonds. The smallest absolute Gasteiger partial charge is 0.393 e. The molecule has 1 rings (SSSR count). The van der Waals surface area contributed by atoms with Crippen molar-refractivity contribution in [3.8, 4) is 0 Å². The van der Waals surface area contributed by atoms with Gasteiger partial charge in [-0.25, -0.2) is 0 Å². The Balaban J connectivity index is 2.49. The Labute approximate surface area is 115 Å². The van der Waals surface area contributed by atoms with Gasteiger partial charge in [-0.1, -0.05) is 0 Å². The second-order valence-electron chi connectivity index (χ2n) is 5.28. The number of carbonyl (C=O) groups is 2. The molecule has 3 atom stereocenters. The standard InChI is InChI=1S/C12H19F3N2O3/c1-7(3-8(2)18)16-11(20)9-4-10(19)17(5-9)6-12(13,14)15/h7-9,18H,3-6H2,1-2H3,(H,16,20). The molecule has 0 aromatic heterocycles. The monoisotopic (exact) mass is 296 g/mol. The van der Waals surface area contributed by atoms with E-state index in [0.717, 1.165) is 0 Å². The van der Waals surface area contributed by atoms with Gasteiger partial charge >= 0.3 is 6.18 Å². The van der Waals surface area contributed by atoms with E-state index in [1.54, 1.807) is 13.8 Å². The second kappa shape index (κ2) is 6.43. The quantitative estimate of drug-likeness (QED) is 0.783. The first-order chi connectivity index (χ1) is 9.08. The molecule has 0 saturated carbocycles. The number of nitrogens with zero attached hydrogens (tertiary/aromatic N) is 1. The summed E-state index contributed by atoms with van der Waals surface area (Å²) in [6, 6.07) is -0.297. The molecule has 116 valence electrons. The molecular weight excluding hydrogens is 277 g/mol. The fourth-order valence-corrected chi connectivity index (χ4v) is 2.25. The Morgan fingerprint density at radius 1 is 1.50 bits per heavy atom. The molecule has 1 aliphatic heterocycles. The number of nitrogens with one attached hydrogen (secondary N) is 1. The summed E-state index contributed by atoms with van der Waals surface area (Å²) in [6.45, 7) is 1.73. The van der Waals surface area contributed by atoms with Gasteiger partial charge in [-0.05, 0) is 20.3 Å². The van der Waals surface area contributed by atoms with Crippen LogP contribution < -0.4 is 5.32 Å². The minimum Gasteiger partial charge on any atom is -0.393 e. The van der Waals surface area contributed by atoms with Crippen molar-refractivity contribution >= 4 is 11.8 Å². The number of amides is 2. The van der Waals surface area contributed by atoms with Crippen LogP contribution in [0.4, 0.5) is 13.2 Å². The highest BCUT2D eigenvalue weighted by Crippen LogP contribution is 2.24. The molecule has 0 aromatic rings. The van der Waals surface area contributed by atoms with Crippen molar-refractivity contribution in [2.24, 2.45) is 5.92 Å². The Hall–Kier alpha value is -1.31. The maximum atomic E-state index is 12.2. The number of hydrogen-bond acceptors (Lipinski definition) is 3. The first-order valence-corrected chi connectivity index (χ1v) is 6.41. The van der Waals surface area contributed by atoms with Crippen molar-refractivity contribution in [2.45, 2.75) is 45.0 Å². The van der Waals surface area contributed by atoms with Crippen LogP contribution >= 0.6 is 0 Å². The topological polar surface area (TPSA) is 69.6 Å². The van der Waals surface area contributed by atoms with E-state index in [1.807, 2.05) is 0 Å². The lowest BCUT2D eigenvalue weighted by Crippen LogP contribution is -2.40. The molecule has 0 bridgehead atoms. The third-order valence-electron chi connectivity index (χ3n) is 3.04. The molecule has 0 aromatic carbocycles. The van der Waals surface area contributed by atoms with E-state index in [2.05, 4.69) is 5.32 Å². The lowest BCUT2D eigenvalue weighted by molar-refractivity contribution is -0.157. The zero-order valence-corrected chi connectivity index (χ0v) is 11.4. The summed E-state index contributed by atoms with van der Waals surface area (Å²) in [5.41, 5.74) is 0.